The second kappa shape index (κ2) is 9.84. The van der Waals surface area contributed by atoms with Gasteiger partial charge in [-0.15, -0.1) is 0 Å². The topological polar surface area (TPSA) is 80.8 Å². The Bertz CT molecular complexity index is 645. The van der Waals surface area contributed by atoms with Crippen molar-refractivity contribution >= 4 is 17.5 Å². The van der Waals surface area contributed by atoms with E-state index in [2.05, 4.69) is 20.5 Å². The summed E-state index contributed by atoms with van der Waals surface area (Å²) in [6.45, 7) is 4.94. The number of nitrogens with zero attached hydrogens (tertiary/aromatic N) is 4. The van der Waals surface area contributed by atoms with Gasteiger partial charge in [-0.25, -0.2) is 0 Å². The molecule has 8 nitrogen and oxygen atoms in total. The van der Waals surface area contributed by atoms with E-state index < -0.39 is 6.04 Å². The number of nitrogens with one attached hydrogen (secondary N) is 2. The molecule has 2 saturated heterocycles. The third-order valence-corrected chi connectivity index (χ3v) is 5.56. The highest BCUT2D eigenvalue weighted by Gasteiger charge is 2.36. The van der Waals surface area contributed by atoms with Crippen LogP contribution >= 0.6 is 0 Å². The minimum Gasteiger partial charge on any atom is -0.371 e. The molecule has 0 spiro atoms. The van der Waals surface area contributed by atoms with Gasteiger partial charge in [-0.1, -0.05) is 0 Å². The molecule has 1 atom stereocenters. The first-order valence-electron chi connectivity index (χ1n) is 10.1. The number of rotatable bonds is 6. The maximum atomic E-state index is 13.2. The Morgan fingerprint density at radius 3 is 2.61 bits per heavy atom. The number of likely N-dealkylation sites (N-methyl/N-ethyl adjacent to an activating group) is 1. The smallest absolute Gasteiger partial charge is 0.244 e. The maximum absolute atomic E-state index is 13.2. The molecule has 28 heavy (non-hydrogen) atoms. The Labute approximate surface area is 167 Å². The van der Waals surface area contributed by atoms with Crippen molar-refractivity contribution in [2.75, 3.05) is 64.8 Å². The largest absolute Gasteiger partial charge is 0.371 e. The predicted octanol–water partition coefficient (Wildman–Crippen LogP) is -0.224. The molecule has 0 saturated carbocycles. The Morgan fingerprint density at radius 2 is 1.93 bits per heavy atom. The number of carbonyl (C=O) groups is 2. The number of piperidine rings is 1. The van der Waals surface area contributed by atoms with E-state index in [4.69, 9.17) is 0 Å². The standard InChI is InChI=1S/C20H32N6O2/c1-24(2)13-10-23-19(27)18-15-22-9-14-26(18)20(28)16-5-11-25(12-6-16)17-3-7-21-8-4-17/h3-4,7-8,16,18,22H,5-6,9-15H2,1-2H3,(H,23,27). The highest BCUT2D eigenvalue weighted by Crippen LogP contribution is 2.25. The van der Waals surface area contributed by atoms with Gasteiger partial charge in [-0.3, -0.25) is 14.6 Å². The number of amides is 2. The van der Waals surface area contributed by atoms with Crippen LogP contribution in [-0.2, 0) is 9.59 Å². The molecule has 2 N–H and O–H groups in total. The van der Waals surface area contributed by atoms with E-state index in [0.29, 0.717) is 19.6 Å². The van der Waals surface area contributed by atoms with E-state index in [1.54, 1.807) is 17.3 Å². The van der Waals surface area contributed by atoms with E-state index in [1.807, 2.05) is 31.1 Å². The van der Waals surface area contributed by atoms with Gasteiger partial charge in [0.25, 0.3) is 0 Å². The summed E-state index contributed by atoms with van der Waals surface area (Å²) >= 11 is 0. The van der Waals surface area contributed by atoms with Gasteiger partial charge in [0.2, 0.25) is 11.8 Å². The van der Waals surface area contributed by atoms with Gasteiger partial charge in [0.15, 0.2) is 0 Å². The summed E-state index contributed by atoms with van der Waals surface area (Å²) < 4.78 is 0. The number of hydrogen-bond acceptors (Lipinski definition) is 6. The van der Waals surface area contributed by atoms with Crippen molar-refractivity contribution in [2.45, 2.75) is 18.9 Å². The van der Waals surface area contributed by atoms with Crippen LogP contribution in [0.15, 0.2) is 24.5 Å². The summed E-state index contributed by atoms with van der Waals surface area (Å²) in [5.41, 5.74) is 1.15. The average molecular weight is 389 g/mol. The Morgan fingerprint density at radius 1 is 1.21 bits per heavy atom. The molecule has 2 amide bonds. The average Bonchev–Trinajstić information content (AvgIpc) is 2.73. The summed E-state index contributed by atoms with van der Waals surface area (Å²) in [5.74, 6) is 0.0634. The molecule has 8 heteroatoms. The molecule has 2 aliphatic rings. The molecule has 1 aromatic heterocycles. The second-order valence-electron chi connectivity index (χ2n) is 7.81. The first-order chi connectivity index (χ1) is 13.6. The zero-order chi connectivity index (χ0) is 19.9. The lowest BCUT2D eigenvalue weighted by Crippen LogP contribution is -2.61. The third kappa shape index (κ3) is 5.20. The van der Waals surface area contributed by atoms with E-state index in [1.165, 1.54) is 0 Å². The summed E-state index contributed by atoms with van der Waals surface area (Å²) in [6.07, 6.45) is 5.24. The van der Waals surface area contributed by atoms with Crippen LogP contribution in [-0.4, -0.2) is 92.5 Å². The number of piperazine rings is 1. The Kier molecular flexibility index (Phi) is 7.22. The lowest BCUT2D eigenvalue weighted by atomic mass is 9.93. The highest BCUT2D eigenvalue weighted by atomic mass is 16.2. The van der Waals surface area contributed by atoms with E-state index in [0.717, 1.165) is 44.7 Å². The molecule has 0 radical (unpaired) electrons. The quantitative estimate of drug-likeness (QED) is 0.701. The zero-order valence-electron chi connectivity index (χ0n) is 16.9. The minimum atomic E-state index is -0.415. The highest BCUT2D eigenvalue weighted by molar-refractivity contribution is 5.89. The first-order valence-corrected chi connectivity index (χ1v) is 10.1. The van der Waals surface area contributed by atoms with Crippen LogP contribution in [0.4, 0.5) is 5.69 Å². The minimum absolute atomic E-state index is 0.00624. The fraction of sp³-hybridized carbons (Fsp3) is 0.650. The van der Waals surface area contributed by atoms with Crippen LogP contribution in [0.1, 0.15) is 12.8 Å². The number of anilines is 1. The van der Waals surface area contributed by atoms with Crippen molar-refractivity contribution in [2.24, 2.45) is 5.92 Å². The van der Waals surface area contributed by atoms with Crippen molar-refractivity contribution < 1.29 is 9.59 Å². The Hall–Kier alpha value is -2.19. The molecule has 3 heterocycles. The van der Waals surface area contributed by atoms with Crippen LogP contribution in [0.5, 0.6) is 0 Å². The molecule has 0 bridgehead atoms. The van der Waals surface area contributed by atoms with Gasteiger partial charge >= 0.3 is 0 Å². The fourth-order valence-corrected chi connectivity index (χ4v) is 3.90. The predicted molar refractivity (Wildman–Crippen MR) is 109 cm³/mol. The van der Waals surface area contributed by atoms with E-state index in [9.17, 15) is 9.59 Å². The van der Waals surface area contributed by atoms with Crippen LogP contribution < -0.4 is 15.5 Å². The SMILES string of the molecule is CN(C)CCNC(=O)C1CNCCN1C(=O)C1CCN(c2ccncc2)CC1. The van der Waals surface area contributed by atoms with Crippen molar-refractivity contribution in [1.29, 1.82) is 0 Å². The van der Waals surface area contributed by atoms with Crippen LogP contribution in [0.25, 0.3) is 0 Å². The molecule has 2 aliphatic heterocycles. The molecule has 3 rings (SSSR count). The van der Waals surface area contributed by atoms with Crippen molar-refractivity contribution in [3.8, 4) is 0 Å². The molecule has 1 unspecified atom stereocenters. The normalized spacial score (nSPS) is 21.0. The molecule has 0 aromatic carbocycles. The van der Waals surface area contributed by atoms with Crippen LogP contribution in [0.2, 0.25) is 0 Å². The number of carbonyl (C=O) groups excluding carboxylic acids is 2. The summed E-state index contributed by atoms with van der Waals surface area (Å²) in [7, 11) is 3.95. The van der Waals surface area contributed by atoms with Crippen LogP contribution in [0, 0.1) is 5.92 Å². The fourth-order valence-electron chi connectivity index (χ4n) is 3.90. The monoisotopic (exact) mass is 388 g/mol. The number of aromatic nitrogens is 1. The van der Waals surface area contributed by atoms with Gasteiger partial charge in [0.05, 0.1) is 0 Å². The third-order valence-electron chi connectivity index (χ3n) is 5.56. The molecule has 0 aliphatic carbocycles. The number of pyridine rings is 1. The van der Waals surface area contributed by atoms with Crippen LogP contribution in [0.3, 0.4) is 0 Å². The number of hydrogen-bond donors (Lipinski definition) is 2. The lowest BCUT2D eigenvalue weighted by Gasteiger charge is -2.40. The summed E-state index contributed by atoms with van der Waals surface area (Å²) in [4.78, 5) is 36.0. The van der Waals surface area contributed by atoms with Gasteiger partial charge in [0.1, 0.15) is 6.04 Å². The van der Waals surface area contributed by atoms with Gasteiger partial charge in [-0.05, 0) is 39.1 Å². The maximum Gasteiger partial charge on any atom is 0.244 e. The molecular formula is C20H32N6O2. The van der Waals surface area contributed by atoms with Crippen molar-refractivity contribution in [3.63, 3.8) is 0 Å². The van der Waals surface area contributed by atoms with Gasteiger partial charge < -0.3 is 25.3 Å². The van der Waals surface area contributed by atoms with E-state index >= 15 is 0 Å². The zero-order valence-corrected chi connectivity index (χ0v) is 16.9. The molecule has 1 aromatic rings. The van der Waals surface area contributed by atoms with Gasteiger partial charge in [-0.2, -0.15) is 0 Å². The summed E-state index contributed by atoms with van der Waals surface area (Å²) in [6, 6.07) is 3.60. The van der Waals surface area contributed by atoms with Crippen molar-refractivity contribution in [1.82, 2.24) is 25.4 Å². The van der Waals surface area contributed by atoms with Gasteiger partial charge in [0, 0.05) is 69.8 Å². The molecule has 154 valence electrons. The Balaban J connectivity index is 1.55. The second-order valence-corrected chi connectivity index (χ2v) is 7.81. The molecular weight excluding hydrogens is 356 g/mol. The van der Waals surface area contributed by atoms with E-state index in [-0.39, 0.29) is 17.7 Å². The molecule has 2 fully saturated rings. The first kappa shape index (κ1) is 20.5. The summed E-state index contributed by atoms with van der Waals surface area (Å²) in [5, 5.41) is 6.22. The van der Waals surface area contributed by atoms with Crippen molar-refractivity contribution in [3.05, 3.63) is 24.5 Å². The lowest BCUT2D eigenvalue weighted by molar-refractivity contribution is -0.145.